The van der Waals surface area contributed by atoms with Crippen LogP contribution in [0.5, 0.6) is 5.88 Å². The van der Waals surface area contributed by atoms with Gasteiger partial charge in [0.05, 0.1) is 24.3 Å². The molecule has 3 N–H and O–H groups in total. The molecule has 5 rings (SSSR count). The first-order valence-electron chi connectivity index (χ1n) is 12.1. The van der Waals surface area contributed by atoms with Gasteiger partial charge in [0.25, 0.3) is 5.91 Å². The minimum absolute atomic E-state index is 0.0167. The summed E-state index contributed by atoms with van der Waals surface area (Å²) < 4.78 is 13.1. The number of nitrogens with one attached hydrogen (secondary N) is 1. The van der Waals surface area contributed by atoms with E-state index in [1.165, 1.54) is 10.9 Å². The van der Waals surface area contributed by atoms with Crippen molar-refractivity contribution in [3.8, 4) is 11.9 Å². The summed E-state index contributed by atoms with van der Waals surface area (Å²) in [6, 6.07) is 2.24. The van der Waals surface area contributed by atoms with E-state index in [1.807, 2.05) is 13.8 Å². The average molecular weight is 470 g/mol. The molecule has 1 aromatic rings. The summed E-state index contributed by atoms with van der Waals surface area (Å²) in [5.74, 6) is 1.42. The van der Waals surface area contributed by atoms with Crippen LogP contribution < -0.4 is 15.8 Å². The van der Waals surface area contributed by atoms with Gasteiger partial charge in [0.15, 0.2) is 0 Å². The molecule has 4 aliphatic rings. The summed E-state index contributed by atoms with van der Waals surface area (Å²) in [6.07, 6.45) is 8.59. The molecule has 9 heteroatoms. The number of ether oxygens (including phenoxy) is 2. The lowest BCUT2D eigenvalue weighted by Gasteiger charge is -2.58. The molecule has 34 heavy (non-hydrogen) atoms. The molecule has 4 bridgehead atoms. The van der Waals surface area contributed by atoms with E-state index < -0.39 is 17.1 Å². The molecule has 0 aliphatic heterocycles. The predicted molar refractivity (Wildman–Crippen MR) is 125 cm³/mol. The van der Waals surface area contributed by atoms with Gasteiger partial charge in [0.1, 0.15) is 11.2 Å². The van der Waals surface area contributed by atoms with Crippen LogP contribution in [0.25, 0.3) is 6.20 Å². The van der Waals surface area contributed by atoms with E-state index in [9.17, 15) is 14.9 Å². The van der Waals surface area contributed by atoms with Crippen molar-refractivity contribution in [1.29, 1.82) is 5.26 Å². The number of hydrogen-bond acceptors (Lipinski definition) is 6. The highest BCUT2D eigenvalue weighted by Crippen LogP contribution is 2.57. The van der Waals surface area contributed by atoms with Crippen molar-refractivity contribution in [3.05, 3.63) is 17.8 Å². The normalized spacial score (nSPS) is 29.9. The molecule has 0 saturated heterocycles. The van der Waals surface area contributed by atoms with E-state index in [2.05, 4.69) is 16.5 Å². The lowest BCUT2D eigenvalue weighted by Crippen LogP contribution is -2.63. The minimum Gasteiger partial charge on any atom is -0.477 e. The molecule has 4 aliphatic carbocycles. The summed E-state index contributed by atoms with van der Waals surface area (Å²) >= 11 is 0. The maximum Gasteiger partial charge on any atom is 0.405 e. The SMILES string of the molecule is CC(C)COc1c(C(=O)NC2C3CC4CC2CC(OC(N)=O)(C4)C3)cnn1/C=C/C(C)(C)C#N. The van der Waals surface area contributed by atoms with Crippen LogP contribution in [-0.4, -0.2) is 40.0 Å². The number of carbonyl (C=O) groups is 2. The molecule has 9 nitrogen and oxygen atoms in total. The number of carbonyl (C=O) groups excluding carboxylic acids is 2. The molecule has 4 fully saturated rings. The van der Waals surface area contributed by atoms with Crippen molar-refractivity contribution in [1.82, 2.24) is 15.1 Å². The van der Waals surface area contributed by atoms with Gasteiger partial charge in [0, 0.05) is 12.2 Å². The molecule has 184 valence electrons. The molecule has 0 spiro atoms. The Hall–Kier alpha value is -3.02. The summed E-state index contributed by atoms with van der Waals surface area (Å²) in [4.78, 5) is 24.9. The number of rotatable bonds is 8. The topological polar surface area (TPSA) is 132 Å². The highest BCUT2D eigenvalue weighted by atomic mass is 16.6. The fourth-order valence-corrected chi connectivity index (χ4v) is 6.05. The Bertz CT molecular complexity index is 1000. The smallest absolute Gasteiger partial charge is 0.405 e. The number of primary amides is 1. The fraction of sp³-hybridized carbons (Fsp3) is 0.680. The second-order valence-corrected chi connectivity index (χ2v) is 11.2. The zero-order valence-electron chi connectivity index (χ0n) is 20.4. The van der Waals surface area contributed by atoms with E-state index in [4.69, 9.17) is 15.2 Å². The van der Waals surface area contributed by atoms with Crippen molar-refractivity contribution in [3.63, 3.8) is 0 Å². The van der Waals surface area contributed by atoms with Gasteiger partial charge in [-0.05, 0) is 75.7 Å². The zero-order valence-corrected chi connectivity index (χ0v) is 20.4. The number of nitrogens with two attached hydrogens (primary N) is 1. The molecular weight excluding hydrogens is 434 g/mol. The van der Waals surface area contributed by atoms with Gasteiger partial charge in [-0.3, -0.25) is 4.79 Å². The first-order chi connectivity index (χ1) is 16.0. The van der Waals surface area contributed by atoms with Crippen molar-refractivity contribution in [2.45, 2.75) is 71.4 Å². The van der Waals surface area contributed by atoms with Gasteiger partial charge in [-0.2, -0.15) is 10.4 Å². The molecule has 0 aromatic carbocycles. The van der Waals surface area contributed by atoms with Crippen LogP contribution in [0.4, 0.5) is 4.79 Å². The minimum atomic E-state index is -0.713. The summed E-state index contributed by atoms with van der Waals surface area (Å²) in [6.45, 7) is 8.11. The van der Waals surface area contributed by atoms with E-state index in [1.54, 1.807) is 26.1 Å². The third-order valence-electron chi connectivity index (χ3n) is 7.30. The van der Waals surface area contributed by atoms with Crippen LogP contribution in [0.1, 0.15) is 70.2 Å². The van der Waals surface area contributed by atoms with Crippen LogP contribution in [0.3, 0.4) is 0 Å². The molecule has 0 radical (unpaired) electrons. The van der Waals surface area contributed by atoms with E-state index in [0.29, 0.717) is 24.0 Å². The van der Waals surface area contributed by atoms with Gasteiger partial charge in [-0.1, -0.05) is 13.8 Å². The fourth-order valence-electron chi connectivity index (χ4n) is 6.05. The van der Waals surface area contributed by atoms with Crippen LogP contribution in [0.15, 0.2) is 12.3 Å². The van der Waals surface area contributed by atoms with E-state index >= 15 is 0 Å². The lowest BCUT2D eigenvalue weighted by atomic mass is 9.52. The van der Waals surface area contributed by atoms with Gasteiger partial charge in [-0.15, -0.1) is 0 Å². The summed E-state index contributed by atoms with van der Waals surface area (Å²) in [5, 5.41) is 16.9. The molecule has 2 unspecified atom stereocenters. The number of allylic oxidation sites excluding steroid dienone is 1. The van der Waals surface area contributed by atoms with Crippen molar-refractivity contribution < 1.29 is 19.1 Å². The first kappa shape index (κ1) is 24.1. The number of amides is 2. The Morgan fingerprint density at radius 3 is 2.62 bits per heavy atom. The van der Waals surface area contributed by atoms with Crippen LogP contribution in [-0.2, 0) is 4.74 Å². The Morgan fingerprint density at radius 1 is 1.35 bits per heavy atom. The van der Waals surface area contributed by atoms with Gasteiger partial charge in [0.2, 0.25) is 5.88 Å². The Morgan fingerprint density at radius 2 is 2.03 bits per heavy atom. The van der Waals surface area contributed by atoms with Gasteiger partial charge < -0.3 is 20.5 Å². The third-order valence-corrected chi connectivity index (χ3v) is 7.30. The maximum atomic E-state index is 13.4. The van der Waals surface area contributed by atoms with Crippen LogP contribution in [0, 0.1) is 40.4 Å². The standard InChI is InChI=1S/C25H35N5O4/c1-15(2)13-33-22-19(12-28-30(22)6-5-24(3,4)14-26)21(31)29-20-17-7-16-8-18(20)11-25(9-16,10-17)34-23(27)32/h5-6,12,15-18,20H,7-11,13H2,1-4H3,(H2,27,32)(H,29,31)/b6-5+. The lowest BCUT2D eigenvalue weighted by molar-refractivity contribution is -0.137. The molecule has 4 saturated carbocycles. The Labute approximate surface area is 200 Å². The monoisotopic (exact) mass is 469 g/mol. The van der Waals surface area contributed by atoms with Crippen LogP contribution >= 0.6 is 0 Å². The van der Waals surface area contributed by atoms with Gasteiger partial charge >= 0.3 is 6.09 Å². The third kappa shape index (κ3) is 4.91. The quantitative estimate of drug-likeness (QED) is 0.596. The number of nitrogens with zero attached hydrogens (tertiary/aromatic N) is 3. The zero-order chi connectivity index (χ0) is 24.7. The molecule has 2 atom stereocenters. The summed E-state index contributed by atoms with van der Waals surface area (Å²) in [7, 11) is 0. The highest BCUT2D eigenvalue weighted by Gasteiger charge is 2.57. The van der Waals surface area contributed by atoms with E-state index in [-0.39, 0.29) is 29.7 Å². The number of aromatic nitrogens is 2. The average Bonchev–Trinajstić information content (AvgIpc) is 3.15. The van der Waals surface area contributed by atoms with Crippen molar-refractivity contribution in [2.75, 3.05) is 6.61 Å². The molecular formula is C25H35N5O4. The molecule has 1 aromatic heterocycles. The molecule has 2 amide bonds. The number of nitriles is 1. The van der Waals surface area contributed by atoms with Crippen LogP contribution in [0.2, 0.25) is 0 Å². The second kappa shape index (κ2) is 8.97. The number of hydrogen-bond donors (Lipinski definition) is 2. The van der Waals surface area contributed by atoms with Gasteiger partial charge in [-0.25, -0.2) is 9.48 Å². The Balaban J connectivity index is 1.53. The largest absolute Gasteiger partial charge is 0.477 e. The highest BCUT2D eigenvalue weighted by molar-refractivity contribution is 5.96. The van der Waals surface area contributed by atoms with Crippen molar-refractivity contribution >= 4 is 18.2 Å². The molecule has 1 heterocycles. The summed E-state index contributed by atoms with van der Waals surface area (Å²) in [5.41, 5.74) is 4.58. The maximum absolute atomic E-state index is 13.4. The van der Waals surface area contributed by atoms with E-state index in [0.717, 1.165) is 32.1 Å². The Kier molecular flexibility index (Phi) is 6.36. The first-order valence-corrected chi connectivity index (χ1v) is 12.1. The van der Waals surface area contributed by atoms with Crippen molar-refractivity contribution in [2.24, 2.45) is 34.8 Å². The second-order valence-electron chi connectivity index (χ2n) is 11.2. The predicted octanol–water partition coefficient (Wildman–Crippen LogP) is 3.71.